The van der Waals surface area contributed by atoms with Gasteiger partial charge in [0.15, 0.2) is 5.78 Å². The molecule has 2 nitrogen and oxygen atoms in total. The van der Waals surface area contributed by atoms with Gasteiger partial charge >= 0.3 is 0 Å². The van der Waals surface area contributed by atoms with E-state index in [4.69, 9.17) is 0 Å². The quantitative estimate of drug-likeness (QED) is 0.758. The molecule has 0 fully saturated rings. The molecule has 0 spiro atoms. The van der Waals surface area contributed by atoms with Gasteiger partial charge in [-0.25, -0.2) is 0 Å². The molecule has 1 aromatic heterocycles. The van der Waals surface area contributed by atoms with Gasteiger partial charge in [-0.3, -0.25) is 4.79 Å². The second-order valence-electron chi connectivity index (χ2n) is 3.87. The maximum atomic E-state index is 11.8. The fourth-order valence-electron chi connectivity index (χ4n) is 1.89. The van der Waals surface area contributed by atoms with Crippen molar-refractivity contribution in [3.05, 3.63) is 35.5 Å². The molecule has 2 heteroatoms. The maximum absolute atomic E-state index is 11.8. The largest absolute Gasteiger partial charge is 0.360 e. The van der Waals surface area contributed by atoms with Crippen LogP contribution in [0, 0.1) is 6.92 Å². The second-order valence-corrected chi connectivity index (χ2v) is 3.87. The summed E-state index contributed by atoms with van der Waals surface area (Å²) in [6.45, 7) is 4.07. The van der Waals surface area contributed by atoms with Crippen molar-refractivity contribution in [1.82, 2.24) is 4.98 Å². The van der Waals surface area contributed by atoms with Gasteiger partial charge in [0.1, 0.15) is 0 Å². The van der Waals surface area contributed by atoms with Crippen LogP contribution in [0.3, 0.4) is 0 Å². The van der Waals surface area contributed by atoms with Gasteiger partial charge in [0.05, 0.1) is 5.52 Å². The number of para-hydroxylation sites is 1. The predicted octanol–water partition coefficient (Wildman–Crippen LogP) is 3.46. The van der Waals surface area contributed by atoms with Gasteiger partial charge in [0.2, 0.25) is 0 Å². The highest BCUT2D eigenvalue weighted by atomic mass is 16.1. The number of fused-ring (bicyclic) bond motifs is 1. The summed E-state index contributed by atoms with van der Waals surface area (Å²) in [7, 11) is 0. The SMILES string of the molecule is CCCC(=O)c1cccc2c(C)c[nH]c12. The molecule has 0 aliphatic carbocycles. The fourth-order valence-corrected chi connectivity index (χ4v) is 1.89. The summed E-state index contributed by atoms with van der Waals surface area (Å²) in [6.07, 6.45) is 3.47. The van der Waals surface area contributed by atoms with Crippen LogP contribution in [0.5, 0.6) is 0 Å². The van der Waals surface area contributed by atoms with Crippen molar-refractivity contribution in [2.75, 3.05) is 0 Å². The predicted molar refractivity (Wildman–Crippen MR) is 62.3 cm³/mol. The minimum absolute atomic E-state index is 0.227. The first-order valence-electron chi connectivity index (χ1n) is 5.34. The Morgan fingerprint density at radius 1 is 1.40 bits per heavy atom. The van der Waals surface area contributed by atoms with Gasteiger partial charge in [0, 0.05) is 23.6 Å². The standard InChI is InChI=1S/C13H15NO/c1-3-5-12(15)11-7-4-6-10-9(2)8-14-13(10)11/h4,6-8,14H,3,5H2,1-2H3. The average Bonchev–Trinajstić information content (AvgIpc) is 2.61. The Labute approximate surface area is 89.3 Å². The molecule has 0 saturated carbocycles. The molecule has 0 atom stereocenters. The van der Waals surface area contributed by atoms with Gasteiger partial charge in [-0.05, 0) is 25.0 Å². The highest BCUT2D eigenvalue weighted by molar-refractivity contribution is 6.07. The number of carbonyl (C=O) groups excluding carboxylic acids is 1. The number of hydrogen-bond acceptors (Lipinski definition) is 1. The lowest BCUT2D eigenvalue weighted by molar-refractivity contribution is 0.0983. The van der Waals surface area contributed by atoms with E-state index in [2.05, 4.69) is 4.98 Å². The van der Waals surface area contributed by atoms with Crippen LogP contribution in [0.4, 0.5) is 0 Å². The molecule has 1 aromatic carbocycles. The van der Waals surface area contributed by atoms with Crippen molar-refractivity contribution in [2.24, 2.45) is 0 Å². The van der Waals surface area contributed by atoms with Crippen molar-refractivity contribution in [1.29, 1.82) is 0 Å². The van der Waals surface area contributed by atoms with Crippen molar-refractivity contribution in [2.45, 2.75) is 26.7 Å². The summed E-state index contributed by atoms with van der Waals surface area (Å²) in [5.74, 6) is 0.227. The first kappa shape index (κ1) is 9.97. The number of ketones is 1. The molecule has 0 amide bonds. The molecular formula is C13H15NO. The number of aryl methyl sites for hydroxylation is 1. The normalized spacial score (nSPS) is 10.8. The van der Waals surface area contributed by atoms with Crippen LogP contribution in [0.25, 0.3) is 10.9 Å². The minimum Gasteiger partial charge on any atom is -0.360 e. The summed E-state index contributed by atoms with van der Waals surface area (Å²) < 4.78 is 0. The molecule has 0 unspecified atom stereocenters. The number of aromatic nitrogens is 1. The summed E-state index contributed by atoms with van der Waals surface area (Å²) in [4.78, 5) is 15.0. The van der Waals surface area contributed by atoms with Gasteiger partial charge in [0.25, 0.3) is 0 Å². The number of H-pyrrole nitrogens is 1. The van der Waals surface area contributed by atoms with Crippen LogP contribution < -0.4 is 0 Å². The van der Waals surface area contributed by atoms with E-state index in [1.807, 2.05) is 38.2 Å². The zero-order chi connectivity index (χ0) is 10.8. The van der Waals surface area contributed by atoms with Gasteiger partial charge < -0.3 is 4.98 Å². The third-order valence-corrected chi connectivity index (χ3v) is 2.70. The van der Waals surface area contributed by atoms with E-state index in [9.17, 15) is 4.79 Å². The van der Waals surface area contributed by atoms with Crippen molar-refractivity contribution in [3.8, 4) is 0 Å². The summed E-state index contributed by atoms with van der Waals surface area (Å²) >= 11 is 0. The van der Waals surface area contributed by atoms with E-state index in [1.54, 1.807) is 0 Å². The van der Waals surface area contributed by atoms with E-state index in [0.29, 0.717) is 6.42 Å². The van der Waals surface area contributed by atoms with E-state index in [0.717, 1.165) is 22.9 Å². The number of rotatable bonds is 3. The number of nitrogens with one attached hydrogen (secondary N) is 1. The Hall–Kier alpha value is -1.57. The number of aromatic amines is 1. The smallest absolute Gasteiger partial charge is 0.164 e. The molecule has 0 radical (unpaired) electrons. The van der Waals surface area contributed by atoms with Crippen LogP contribution >= 0.6 is 0 Å². The van der Waals surface area contributed by atoms with Crippen molar-refractivity contribution in [3.63, 3.8) is 0 Å². The van der Waals surface area contributed by atoms with Crippen LogP contribution in [-0.2, 0) is 0 Å². The maximum Gasteiger partial charge on any atom is 0.164 e. The van der Waals surface area contributed by atoms with Crippen LogP contribution in [0.1, 0.15) is 35.7 Å². The Bertz CT molecular complexity index is 496. The van der Waals surface area contributed by atoms with Gasteiger partial charge in [-0.2, -0.15) is 0 Å². The third-order valence-electron chi connectivity index (χ3n) is 2.70. The molecule has 15 heavy (non-hydrogen) atoms. The number of Topliss-reactive ketones (excluding diaryl/α,β-unsaturated/α-hetero) is 1. The lowest BCUT2D eigenvalue weighted by Gasteiger charge is -2.01. The first-order chi connectivity index (χ1) is 7.24. The van der Waals surface area contributed by atoms with Crippen molar-refractivity contribution < 1.29 is 4.79 Å². The number of hydrogen-bond donors (Lipinski definition) is 1. The van der Waals surface area contributed by atoms with E-state index in [-0.39, 0.29) is 5.78 Å². The van der Waals surface area contributed by atoms with E-state index >= 15 is 0 Å². The fraction of sp³-hybridized carbons (Fsp3) is 0.308. The molecule has 1 heterocycles. The summed E-state index contributed by atoms with van der Waals surface area (Å²) in [6, 6.07) is 5.90. The van der Waals surface area contributed by atoms with Gasteiger partial charge in [-0.1, -0.05) is 19.1 Å². The molecule has 78 valence electrons. The minimum atomic E-state index is 0.227. The molecule has 0 bridgehead atoms. The number of carbonyl (C=O) groups is 1. The lowest BCUT2D eigenvalue weighted by Crippen LogP contribution is -1.98. The second kappa shape index (κ2) is 3.89. The van der Waals surface area contributed by atoms with Crippen LogP contribution in [-0.4, -0.2) is 10.8 Å². The van der Waals surface area contributed by atoms with Crippen LogP contribution in [0.15, 0.2) is 24.4 Å². The first-order valence-corrected chi connectivity index (χ1v) is 5.34. The lowest BCUT2D eigenvalue weighted by atomic mass is 10.0. The highest BCUT2D eigenvalue weighted by Crippen LogP contribution is 2.22. The Balaban J connectivity index is 2.56. The molecule has 2 aromatic rings. The zero-order valence-electron chi connectivity index (χ0n) is 9.13. The Morgan fingerprint density at radius 3 is 2.93 bits per heavy atom. The Kier molecular flexibility index (Phi) is 2.58. The Morgan fingerprint density at radius 2 is 2.20 bits per heavy atom. The summed E-state index contributed by atoms with van der Waals surface area (Å²) in [5, 5.41) is 1.15. The zero-order valence-corrected chi connectivity index (χ0v) is 9.13. The monoisotopic (exact) mass is 201 g/mol. The number of benzene rings is 1. The average molecular weight is 201 g/mol. The molecule has 1 N–H and O–H groups in total. The summed E-state index contributed by atoms with van der Waals surface area (Å²) in [5.41, 5.74) is 2.99. The molecule has 2 rings (SSSR count). The van der Waals surface area contributed by atoms with E-state index < -0.39 is 0 Å². The highest BCUT2D eigenvalue weighted by Gasteiger charge is 2.10. The van der Waals surface area contributed by atoms with Crippen LogP contribution in [0.2, 0.25) is 0 Å². The molecule has 0 aliphatic rings. The molecule has 0 saturated heterocycles. The molecular weight excluding hydrogens is 186 g/mol. The van der Waals surface area contributed by atoms with Gasteiger partial charge in [-0.15, -0.1) is 0 Å². The topological polar surface area (TPSA) is 32.9 Å². The van der Waals surface area contributed by atoms with Crippen molar-refractivity contribution >= 4 is 16.7 Å². The third kappa shape index (κ3) is 1.67. The molecule has 0 aliphatic heterocycles. The van der Waals surface area contributed by atoms with E-state index in [1.165, 1.54) is 5.56 Å².